The molecule has 3 aromatic carbocycles. The molecule has 6 nitrogen and oxygen atoms in total. The highest BCUT2D eigenvalue weighted by atomic mass is 35.5. The maximum absolute atomic E-state index is 12.9. The van der Waals surface area contributed by atoms with Gasteiger partial charge < -0.3 is 10.2 Å². The van der Waals surface area contributed by atoms with Gasteiger partial charge in [-0.15, -0.1) is 0 Å². The normalized spacial score (nSPS) is 13.8. The number of rotatable bonds is 6. The fourth-order valence-corrected chi connectivity index (χ4v) is 5.20. The zero-order valence-corrected chi connectivity index (χ0v) is 19.2. The minimum absolute atomic E-state index is 0.0381. The lowest BCUT2D eigenvalue weighted by molar-refractivity contribution is 0.102. The number of amides is 1. The highest BCUT2D eigenvalue weighted by molar-refractivity contribution is 7.92. The molecule has 1 aliphatic rings. The molecule has 0 atom stereocenters. The predicted molar refractivity (Wildman–Crippen MR) is 129 cm³/mol. The number of nitrogens with one attached hydrogen (secondary N) is 2. The second kappa shape index (κ2) is 9.22. The van der Waals surface area contributed by atoms with Crippen molar-refractivity contribution in [2.75, 3.05) is 28.0 Å². The Morgan fingerprint density at radius 3 is 2.19 bits per heavy atom. The average Bonchev–Trinajstić information content (AvgIpc) is 3.31. The molecule has 0 aliphatic carbocycles. The van der Waals surface area contributed by atoms with Crippen LogP contribution in [0.1, 0.15) is 28.8 Å². The average molecular weight is 470 g/mol. The number of carbonyl (C=O) groups is 1. The second-order valence-electron chi connectivity index (χ2n) is 7.81. The van der Waals surface area contributed by atoms with Crippen molar-refractivity contribution in [2.45, 2.75) is 24.7 Å². The van der Waals surface area contributed by atoms with E-state index >= 15 is 0 Å². The monoisotopic (exact) mass is 469 g/mol. The van der Waals surface area contributed by atoms with Crippen LogP contribution < -0.4 is 14.9 Å². The van der Waals surface area contributed by atoms with Gasteiger partial charge in [-0.3, -0.25) is 9.52 Å². The predicted octanol–water partition coefficient (Wildman–Crippen LogP) is 5.30. The van der Waals surface area contributed by atoms with Crippen molar-refractivity contribution in [3.05, 3.63) is 82.9 Å². The summed E-state index contributed by atoms with van der Waals surface area (Å²) in [6, 6.07) is 18.8. The smallest absolute Gasteiger partial charge is 0.263 e. The molecule has 0 spiro atoms. The summed E-state index contributed by atoms with van der Waals surface area (Å²) in [5.74, 6) is -0.414. The molecule has 1 fully saturated rings. The lowest BCUT2D eigenvalue weighted by Crippen LogP contribution is -2.18. The molecule has 0 unspecified atom stereocenters. The molecule has 2 N–H and O–H groups in total. The number of sulfonamides is 1. The van der Waals surface area contributed by atoms with Crippen LogP contribution in [0.5, 0.6) is 0 Å². The van der Waals surface area contributed by atoms with Crippen molar-refractivity contribution in [3.63, 3.8) is 0 Å². The van der Waals surface area contributed by atoms with Gasteiger partial charge >= 0.3 is 0 Å². The largest absolute Gasteiger partial charge is 0.372 e. The number of anilines is 3. The first-order chi connectivity index (χ1) is 15.3. The third kappa shape index (κ3) is 5.06. The van der Waals surface area contributed by atoms with Gasteiger partial charge in [-0.25, -0.2) is 8.42 Å². The summed E-state index contributed by atoms with van der Waals surface area (Å²) in [6.45, 7) is 4.01. The molecule has 1 amide bonds. The van der Waals surface area contributed by atoms with Crippen LogP contribution in [0.15, 0.2) is 71.6 Å². The highest BCUT2D eigenvalue weighted by Crippen LogP contribution is 2.26. The molecule has 166 valence electrons. The topological polar surface area (TPSA) is 78.5 Å². The second-order valence-corrected chi connectivity index (χ2v) is 9.87. The molecule has 1 saturated heterocycles. The Labute approximate surface area is 193 Å². The standard InChI is InChI=1S/C24H24ClN3O3S/c1-17-4-7-20(8-5-17)27-32(30,31)23-16-18(6-13-22(23)25)24(29)26-19-9-11-21(12-10-19)28-14-2-3-15-28/h4-13,16,27H,2-3,14-15H2,1H3,(H,26,29). The molecule has 4 rings (SSSR count). The quantitative estimate of drug-likeness (QED) is 0.513. The maximum Gasteiger partial charge on any atom is 0.263 e. The van der Waals surface area contributed by atoms with Crippen molar-refractivity contribution in [2.24, 2.45) is 0 Å². The summed E-state index contributed by atoms with van der Waals surface area (Å²) >= 11 is 6.16. The highest BCUT2D eigenvalue weighted by Gasteiger charge is 2.21. The zero-order valence-electron chi connectivity index (χ0n) is 17.6. The van der Waals surface area contributed by atoms with Crippen LogP contribution in [-0.2, 0) is 10.0 Å². The van der Waals surface area contributed by atoms with Gasteiger partial charge in [0.1, 0.15) is 4.90 Å². The van der Waals surface area contributed by atoms with Crippen molar-refractivity contribution in [1.29, 1.82) is 0 Å². The number of hydrogen-bond donors (Lipinski definition) is 2. The Morgan fingerprint density at radius 2 is 1.53 bits per heavy atom. The number of aryl methyl sites for hydroxylation is 1. The molecule has 0 saturated carbocycles. The molecule has 32 heavy (non-hydrogen) atoms. The Hall–Kier alpha value is -3.03. The Bertz CT molecular complexity index is 1220. The van der Waals surface area contributed by atoms with E-state index in [4.69, 9.17) is 11.6 Å². The van der Waals surface area contributed by atoms with Crippen LogP contribution in [0.25, 0.3) is 0 Å². The number of halogens is 1. The summed E-state index contributed by atoms with van der Waals surface area (Å²) in [6.07, 6.45) is 2.39. The number of carbonyl (C=O) groups excluding carboxylic acids is 1. The van der Waals surface area contributed by atoms with E-state index in [0.29, 0.717) is 11.4 Å². The van der Waals surface area contributed by atoms with Gasteiger partial charge in [0.15, 0.2) is 0 Å². The van der Waals surface area contributed by atoms with E-state index in [2.05, 4.69) is 14.9 Å². The first-order valence-electron chi connectivity index (χ1n) is 10.4. The van der Waals surface area contributed by atoms with Gasteiger partial charge in [0, 0.05) is 35.7 Å². The van der Waals surface area contributed by atoms with E-state index in [0.717, 1.165) is 24.3 Å². The van der Waals surface area contributed by atoms with Crippen molar-refractivity contribution in [1.82, 2.24) is 0 Å². The van der Waals surface area contributed by atoms with Crippen LogP contribution in [0, 0.1) is 6.92 Å². The van der Waals surface area contributed by atoms with Crippen molar-refractivity contribution < 1.29 is 13.2 Å². The van der Waals surface area contributed by atoms with Crippen molar-refractivity contribution in [3.8, 4) is 0 Å². The molecular weight excluding hydrogens is 446 g/mol. The SMILES string of the molecule is Cc1ccc(NS(=O)(=O)c2cc(C(=O)Nc3ccc(N4CCCC4)cc3)ccc2Cl)cc1. The first kappa shape index (κ1) is 22.2. The van der Waals surface area contributed by atoms with Crippen LogP contribution in [0.4, 0.5) is 17.1 Å². The third-order valence-corrected chi connectivity index (χ3v) is 7.25. The molecule has 0 radical (unpaired) electrons. The van der Waals surface area contributed by atoms with Gasteiger partial charge in [-0.1, -0.05) is 29.3 Å². The van der Waals surface area contributed by atoms with Crippen LogP contribution in [0.2, 0.25) is 5.02 Å². The number of hydrogen-bond acceptors (Lipinski definition) is 4. The molecule has 1 aliphatic heterocycles. The third-order valence-electron chi connectivity index (χ3n) is 5.38. The molecular formula is C24H24ClN3O3S. The minimum atomic E-state index is -3.97. The van der Waals surface area contributed by atoms with Gasteiger partial charge in [-0.05, 0) is 74.4 Å². The Kier molecular flexibility index (Phi) is 6.39. The lowest BCUT2D eigenvalue weighted by Gasteiger charge is -2.17. The zero-order chi connectivity index (χ0) is 22.7. The Morgan fingerprint density at radius 1 is 0.906 bits per heavy atom. The molecule has 1 heterocycles. The van der Waals surface area contributed by atoms with E-state index in [1.807, 2.05) is 31.2 Å². The van der Waals surface area contributed by atoms with Crippen LogP contribution >= 0.6 is 11.6 Å². The van der Waals surface area contributed by atoms with E-state index in [1.165, 1.54) is 31.0 Å². The number of nitrogens with zero attached hydrogens (tertiary/aromatic N) is 1. The summed E-state index contributed by atoms with van der Waals surface area (Å²) in [4.78, 5) is 14.9. The maximum atomic E-state index is 12.9. The summed E-state index contributed by atoms with van der Waals surface area (Å²) in [5, 5.41) is 2.85. The molecule has 8 heteroatoms. The number of benzene rings is 3. The van der Waals surface area contributed by atoms with Crippen LogP contribution in [0.3, 0.4) is 0 Å². The summed E-state index contributed by atoms with van der Waals surface area (Å²) < 4.78 is 28.2. The van der Waals surface area contributed by atoms with Crippen molar-refractivity contribution >= 4 is 44.6 Å². The summed E-state index contributed by atoms with van der Waals surface area (Å²) in [7, 11) is -3.97. The van der Waals surface area contributed by atoms with E-state index < -0.39 is 15.9 Å². The van der Waals surface area contributed by atoms with Crippen LogP contribution in [-0.4, -0.2) is 27.4 Å². The van der Waals surface area contributed by atoms with E-state index in [9.17, 15) is 13.2 Å². The molecule has 0 aromatic heterocycles. The van der Waals surface area contributed by atoms with Gasteiger partial charge in [0.05, 0.1) is 5.02 Å². The molecule has 3 aromatic rings. The van der Waals surface area contributed by atoms with Gasteiger partial charge in [0.2, 0.25) is 0 Å². The molecule has 0 bridgehead atoms. The van der Waals surface area contributed by atoms with E-state index in [-0.39, 0.29) is 15.5 Å². The lowest BCUT2D eigenvalue weighted by atomic mass is 10.2. The fourth-order valence-electron chi connectivity index (χ4n) is 3.62. The van der Waals surface area contributed by atoms with E-state index in [1.54, 1.807) is 24.3 Å². The minimum Gasteiger partial charge on any atom is -0.372 e. The van der Waals surface area contributed by atoms with Gasteiger partial charge in [0.25, 0.3) is 15.9 Å². The Balaban J connectivity index is 1.51. The first-order valence-corrected chi connectivity index (χ1v) is 12.2. The van der Waals surface area contributed by atoms with Gasteiger partial charge in [-0.2, -0.15) is 0 Å². The summed E-state index contributed by atoms with van der Waals surface area (Å²) in [5.41, 5.74) is 3.39. The fraction of sp³-hybridized carbons (Fsp3) is 0.208.